The van der Waals surface area contributed by atoms with E-state index in [1.54, 1.807) is 24.3 Å². The van der Waals surface area contributed by atoms with Crippen LogP contribution < -0.4 is 32.6 Å². The molecule has 5 N–H and O–H groups in total. The molecule has 1 aliphatic rings. The summed E-state index contributed by atoms with van der Waals surface area (Å²) in [6, 6.07) is 7.99. The molecule has 164 valence electrons. The summed E-state index contributed by atoms with van der Waals surface area (Å²) in [5.74, 6) is -1.37. The van der Waals surface area contributed by atoms with E-state index >= 15 is 0 Å². The summed E-state index contributed by atoms with van der Waals surface area (Å²) in [4.78, 5) is 52.9. The van der Waals surface area contributed by atoms with Crippen molar-refractivity contribution in [1.29, 1.82) is 0 Å². The number of aromatic amines is 1. The normalized spacial score (nSPS) is 15.6. The van der Waals surface area contributed by atoms with Gasteiger partial charge in [-0.25, -0.2) is 4.79 Å². The van der Waals surface area contributed by atoms with Gasteiger partial charge in [-0.1, -0.05) is 31.5 Å². The number of benzene rings is 1. The smallest absolute Gasteiger partial charge is 0.330 e. The van der Waals surface area contributed by atoms with E-state index in [-0.39, 0.29) is 23.6 Å². The molecule has 2 aromatic rings. The van der Waals surface area contributed by atoms with Crippen molar-refractivity contribution in [1.82, 2.24) is 9.55 Å². The molecule has 3 rings (SSSR count). The fraction of sp³-hybridized carbons (Fsp3) is 0.350. The van der Waals surface area contributed by atoms with E-state index in [9.17, 15) is 19.2 Å². The van der Waals surface area contributed by atoms with Crippen LogP contribution >= 0.6 is 0 Å². The minimum absolute atomic E-state index is 0.0271. The summed E-state index contributed by atoms with van der Waals surface area (Å²) in [7, 11) is 1.37. The molecule has 1 aliphatic heterocycles. The largest absolute Gasteiger partial charge is 0.383 e. The van der Waals surface area contributed by atoms with Gasteiger partial charge in [0.15, 0.2) is 5.69 Å². The van der Waals surface area contributed by atoms with Crippen molar-refractivity contribution >= 4 is 34.7 Å². The van der Waals surface area contributed by atoms with E-state index in [1.165, 1.54) is 16.6 Å². The number of hydrogen-bond acceptors (Lipinski definition) is 7. The van der Waals surface area contributed by atoms with Crippen molar-refractivity contribution in [2.45, 2.75) is 38.8 Å². The second kappa shape index (κ2) is 8.86. The lowest BCUT2D eigenvalue weighted by Gasteiger charge is -2.20. The molecule has 0 saturated carbocycles. The number of primary amides is 1. The minimum atomic E-state index is -0.844. The average molecular weight is 427 g/mol. The highest BCUT2D eigenvalue weighted by Gasteiger charge is 2.37. The molecular formula is C20H25N7O4. The molecule has 0 bridgehead atoms. The first-order chi connectivity index (χ1) is 14.8. The summed E-state index contributed by atoms with van der Waals surface area (Å²) in [6.07, 6.45) is 1.46. The highest BCUT2D eigenvalue weighted by molar-refractivity contribution is 6.45. The van der Waals surface area contributed by atoms with E-state index in [2.05, 4.69) is 10.1 Å². The molecular weight excluding hydrogens is 402 g/mol. The van der Waals surface area contributed by atoms with Gasteiger partial charge in [0, 0.05) is 20.0 Å². The first-order valence-electron chi connectivity index (χ1n) is 9.88. The molecule has 0 fully saturated rings. The summed E-state index contributed by atoms with van der Waals surface area (Å²) in [5, 5.41) is 5.68. The predicted molar refractivity (Wildman–Crippen MR) is 118 cm³/mol. The second-order valence-corrected chi connectivity index (χ2v) is 7.21. The Morgan fingerprint density at radius 1 is 1.26 bits per heavy atom. The maximum absolute atomic E-state index is 13.1. The standard InChI is InChI=1S/C20H25N7O4/c1-3-4-10-26-16(21)15(18(29)23-20(26)31)25(2)19(30)13-11-14(17(22)28)27(24-13)12-8-6-5-7-9-12/h5-9,14H,3-4,10-11,21H2,1-2H3,(H2,22,28)(H,23,29,31). The van der Waals surface area contributed by atoms with E-state index in [4.69, 9.17) is 11.5 Å². The number of rotatable bonds is 7. The van der Waals surface area contributed by atoms with Gasteiger partial charge in [0.25, 0.3) is 11.5 Å². The molecule has 1 aromatic heterocycles. The molecule has 0 spiro atoms. The first-order valence-corrected chi connectivity index (χ1v) is 9.88. The van der Waals surface area contributed by atoms with Gasteiger partial charge in [0.05, 0.1) is 5.69 Å². The third kappa shape index (κ3) is 4.20. The number of anilines is 3. The number of nitrogens with one attached hydrogen (secondary N) is 1. The Morgan fingerprint density at radius 3 is 2.55 bits per heavy atom. The van der Waals surface area contributed by atoms with Crippen LogP contribution in [-0.4, -0.2) is 40.2 Å². The third-order valence-corrected chi connectivity index (χ3v) is 5.10. The highest BCUT2D eigenvalue weighted by atomic mass is 16.2. The Labute approximate surface area is 177 Å². The molecule has 31 heavy (non-hydrogen) atoms. The number of H-pyrrole nitrogens is 1. The maximum Gasteiger partial charge on any atom is 0.330 e. The number of aromatic nitrogens is 2. The fourth-order valence-corrected chi connectivity index (χ4v) is 3.41. The predicted octanol–water partition coefficient (Wildman–Crippen LogP) is 0.00190. The fourth-order valence-electron chi connectivity index (χ4n) is 3.41. The van der Waals surface area contributed by atoms with Crippen LogP contribution in [0.4, 0.5) is 17.2 Å². The molecule has 0 saturated heterocycles. The first kappa shape index (κ1) is 21.8. The van der Waals surface area contributed by atoms with Crippen molar-refractivity contribution in [3.8, 4) is 0 Å². The van der Waals surface area contributed by atoms with Gasteiger partial charge in [-0.3, -0.25) is 28.9 Å². The Bertz CT molecular complexity index is 1140. The van der Waals surface area contributed by atoms with Crippen LogP contribution in [0.5, 0.6) is 0 Å². The Hall–Kier alpha value is -3.89. The highest BCUT2D eigenvalue weighted by Crippen LogP contribution is 2.26. The van der Waals surface area contributed by atoms with Crippen LogP contribution in [0.2, 0.25) is 0 Å². The lowest BCUT2D eigenvalue weighted by molar-refractivity contribution is -0.119. The summed E-state index contributed by atoms with van der Waals surface area (Å²) >= 11 is 0. The van der Waals surface area contributed by atoms with Crippen LogP contribution in [0.15, 0.2) is 45.0 Å². The SMILES string of the molecule is CCCCn1c(N)c(N(C)C(=O)C2=NN(c3ccccc3)C(C(N)=O)C2)c(=O)[nH]c1=O. The third-order valence-electron chi connectivity index (χ3n) is 5.10. The van der Waals surface area contributed by atoms with Crippen molar-refractivity contribution < 1.29 is 9.59 Å². The molecule has 2 amide bonds. The number of hydrazone groups is 1. The molecule has 1 aromatic carbocycles. The van der Waals surface area contributed by atoms with Crippen LogP contribution in [0.25, 0.3) is 0 Å². The maximum atomic E-state index is 13.1. The second-order valence-electron chi connectivity index (χ2n) is 7.21. The van der Waals surface area contributed by atoms with E-state index in [0.717, 1.165) is 11.3 Å². The zero-order valence-corrected chi connectivity index (χ0v) is 17.4. The number of para-hydroxylation sites is 1. The van der Waals surface area contributed by atoms with Gasteiger partial charge in [-0.05, 0) is 18.6 Å². The summed E-state index contributed by atoms with van der Waals surface area (Å²) < 4.78 is 1.23. The molecule has 1 atom stereocenters. The van der Waals surface area contributed by atoms with Gasteiger partial charge in [0.1, 0.15) is 17.6 Å². The topological polar surface area (TPSA) is 160 Å². The zero-order valence-electron chi connectivity index (χ0n) is 17.4. The van der Waals surface area contributed by atoms with Gasteiger partial charge in [0.2, 0.25) is 5.91 Å². The van der Waals surface area contributed by atoms with E-state index in [0.29, 0.717) is 18.7 Å². The molecule has 11 heteroatoms. The number of carbonyl (C=O) groups excluding carboxylic acids is 2. The Balaban J connectivity index is 1.97. The van der Waals surface area contributed by atoms with Crippen molar-refractivity contribution in [3.05, 3.63) is 51.2 Å². The number of hydrogen-bond donors (Lipinski definition) is 3. The van der Waals surface area contributed by atoms with Gasteiger partial charge < -0.3 is 16.4 Å². The van der Waals surface area contributed by atoms with Crippen LogP contribution in [-0.2, 0) is 16.1 Å². The lowest BCUT2D eigenvalue weighted by Crippen LogP contribution is -2.42. The number of carbonyl (C=O) groups is 2. The van der Waals surface area contributed by atoms with Crippen LogP contribution in [0.3, 0.4) is 0 Å². The minimum Gasteiger partial charge on any atom is -0.383 e. The van der Waals surface area contributed by atoms with Gasteiger partial charge in [-0.2, -0.15) is 5.10 Å². The van der Waals surface area contributed by atoms with Crippen LogP contribution in [0, 0.1) is 0 Å². The number of amides is 2. The van der Waals surface area contributed by atoms with Crippen molar-refractivity contribution in [2.24, 2.45) is 10.8 Å². The lowest BCUT2D eigenvalue weighted by atomic mass is 10.1. The Kier molecular flexibility index (Phi) is 6.23. The molecule has 0 aliphatic carbocycles. The average Bonchev–Trinajstić information content (AvgIpc) is 3.19. The number of nitrogen functional groups attached to an aromatic ring is 1. The zero-order chi connectivity index (χ0) is 22.7. The number of unbranched alkanes of at least 4 members (excludes halogenated alkanes) is 1. The van der Waals surface area contributed by atoms with Gasteiger partial charge in [-0.15, -0.1) is 0 Å². The quantitative estimate of drug-likeness (QED) is 0.564. The number of nitrogens with two attached hydrogens (primary N) is 2. The van der Waals surface area contributed by atoms with E-state index < -0.39 is 29.1 Å². The molecule has 0 radical (unpaired) electrons. The monoisotopic (exact) mass is 427 g/mol. The van der Waals surface area contributed by atoms with Crippen LogP contribution in [0.1, 0.15) is 26.2 Å². The molecule has 11 nitrogen and oxygen atoms in total. The summed E-state index contributed by atoms with van der Waals surface area (Å²) in [5.41, 5.74) is 10.7. The molecule has 1 unspecified atom stereocenters. The number of nitrogens with zero attached hydrogens (tertiary/aromatic N) is 4. The molecule has 2 heterocycles. The van der Waals surface area contributed by atoms with E-state index in [1.807, 2.05) is 13.0 Å². The van der Waals surface area contributed by atoms with Crippen molar-refractivity contribution in [3.63, 3.8) is 0 Å². The van der Waals surface area contributed by atoms with Crippen molar-refractivity contribution in [2.75, 3.05) is 22.7 Å². The summed E-state index contributed by atoms with van der Waals surface area (Å²) in [6.45, 7) is 2.26. The van der Waals surface area contributed by atoms with Gasteiger partial charge >= 0.3 is 5.69 Å². The Morgan fingerprint density at radius 2 is 1.94 bits per heavy atom.